The summed E-state index contributed by atoms with van der Waals surface area (Å²) in [5.41, 5.74) is 8.13. The number of rotatable bonds is 3. The summed E-state index contributed by atoms with van der Waals surface area (Å²) >= 11 is 0. The van der Waals surface area contributed by atoms with Crippen molar-refractivity contribution in [3.63, 3.8) is 0 Å². The average Bonchev–Trinajstić information content (AvgIpc) is 2.39. The number of carbonyl (C=O) groups is 1. The molecule has 4 heteroatoms. The minimum atomic E-state index is -0.246. The van der Waals surface area contributed by atoms with Crippen LogP contribution >= 0.6 is 0 Å². The molecule has 0 aliphatic rings. The smallest absolute Gasteiger partial charge is 0.319 e. The molecule has 0 aromatic heterocycles. The van der Waals surface area contributed by atoms with E-state index in [2.05, 4.69) is 10.6 Å². The second-order valence-corrected chi connectivity index (χ2v) is 3.87. The summed E-state index contributed by atoms with van der Waals surface area (Å²) in [5, 5.41) is 5.50. The number of amides is 2. The number of anilines is 2. The first kappa shape index (κ1) is 12.0. The number of nitrogens with one attached hydrogen (secondary N) is 2. The molecule has 2 amide bonds. The van der Waals surface area contributed by atoms with Crippen molar-refractivity contribution in [3.05, 3.63) is 60.2 Å². The molecule has 0 spiro atoms. The van der Waals surface area contributed by atoms with Gasteiger partial charge in [-0.3, -0.25) is 0 Å². The lowest BCUT2D eigenvalue weighted by molar-refractivity contribution is 0.252. The fourth-order valence-corrected chi connectivity index (χ4v) is 1.57. The van der Waals surface area contributed by atoms with Gasteiger partial charge in [-0.05, 0) is 23.8 Å². The molecule has 0 bridgehead atoms. The maximum Gasteiger partial charge on any atom is 0.319 e. The topological polar surface area (TPSA) is 67.1 Å². The van der Waals surface area contributed by atoms with Gasteiger partial charge in [-0.25, -0.2) is 4.79 Å². The molecule has 0 fully saturated rings. The molecule has 2 rings (SSSR count). The summed E-state index contributed by atoms with van der Waals surface area (Å²) in [6.45, 7) is 0.408. The van der Waals surface area contributed by atoms with E-state index in [1.54, 1.807) is 0 Å². The van der Waals surface area contributed by atoms with Gasteiger partial charge in [-0.15, -0.1) is 0 Å². The van der Waals surface area contributed by atoms with Gasteiger partial charge in [-0.1, -0.05) is 36.4 Å². The van der Waals surface area contributed by atoms with Gasteiger partial charge in [-0.2, -0.15) is 0 Å². The average molecular weight is 241 g/mol. The third kappa shape index (κ3) is 3.25. The minimum Gasteiger partial charge on any atom is -0.398 e. The van der Waals surface area contributed by atoms with E-state index in [0.717, 1.165) is 11.3 Å². The van der Waals surface area contributed by atoms with E-state index in [-0.39, 0.29) is 6.03 Å². The Bertz CT molecular complexity index is 526. The molecule has 18 heavy (non-hydrogen) atoms. The van der Waals surface area contributed by atoms with E-state index in [1.807, 2.05) is 54.6 Å². The third-order valence-corrected chi connectivity index (χ3v) is 2.53. The molecule has 0 radical (unpaired) electrons. The van der Waals surface area contributed by atoms with Crippen LogP contribution in [-0.2, 0) is 6.54 Å². The second-order valence-electron chi connectivity index (χ2n) is 3.87. The van der Waals surface area contributed by atoms with Crippen molar-refractivity contribution in [2.45, 2.75) is 6.54 Å². The summed E-state index contributed by atoms with van der Waals surface area (Å²) in [6.07, 6.45) is 0. The zero-order chi connectivity index (χ0) is 12.8. The number of para-hydroxylation sites is 2. The van der Waals surface area contributed by atoms with Crippen LogP contribution in [0.2, 0.25) is 0 Å². The summed E-state index contributed by atoms with van der Waals surface area (Å²) < 4.78 is 0. The van der Waals surface area contributed by atoms with Crippen LogP contribution in [0.3, 0.4) is 0 Å². The highest BCUT2D eigenvalue weighted by atomic mass is 16.2. The molecule has 4 nitrogen and oxygen atoms in total. The summed E-state index contributed by atoms with van der Waals surface area (Å²) in [6, 6.07) is 16.5. The molecule has 2 aromatic carbocycles. The summed E-state index contributed by atoms with van der Waals surface area (Å²) in [5.74, 6) is 0. The predicted octanol–water partition coefficient (Wildman–Crippen LogP) is 2.59. The quantitative estimate of drug-likeness (QED) is 0.723. The first-order valence-electron chi connectivity index (χ1n) is 5.69. The number of benzene rings is 2. The van der Waals surface area contributed by atoms with Crippen molar-refractivity contribution < 1.29 is 4.79 Å². The minimum absolute atomic E-state index is 0.246. The van der Waals surface area contributed by atoms with Crippen LogP contribution in [-0.4, -0.2) is 6.03 Å². The van der Waals surface area contributed by atoms with Crippen molar-refractivity contribution in [1.29, 1.82) is 0 Å². The van der Waals surface area contributed by atoms with E-state index in [0.29, 0.717) is 12.2 Å². The molecular weight excluding hydrogens is 226 g/mol. The standard InChI is InChI=1S/C14H15N3O/c15-13-9-5-4-6-11(13)10-16-14(18)17-12-7-2-1-3-8-12/h1-9H,10,15H2,(H2,16,17,18). The molecule has 2 aromatic rings. The van der Waals surface area contributed by atoms with E-state index in [9.17, 15) is 4.79 Å². The van der Waals surface area contributed by atoms with Gasteiger partial charge in [0.1, 0.15) is 0 Å². The first-order valence-corrected chi connectivity index (χ1v) is 5.69. The van der Waals surface area contributed by atoms with Gasteiger partial charge in [0.15, 0.2) is 0 Å². The number of hydrogen-bond acceptors (Lipinski definition) is 2. The van der Waals surface area contributed by atoms with Crippen LogP contribution in [0.1, 0.15) is 5.56 Å². The number of nitrogen functional groups attached to an aromatic ring is 1. The number of urea groups is 1. The van der Waals surface area contributed by atoms with Crippen molar-refractivity contribution in [1.82, 2.24) is 5.32 Å². The number of hydrogen-bond donors (Lipinski definition) is 3. The maximum atomic E-state index is 11.6. The first-order chi connectivity index (χ1) is 8.75. The van der Waals surface area contributed by atoms with Gasteiger partial charge >= 0.3 is 6.03 Å². The Morgan fingerprint density at radius 2 is 1.67 bits per heavy atom. The number of carbonyl (C=O) groups excluding carboxylic acids is 1. The Hall–Kier alpha value is -2.49. The van der Waals surface area contributed by atoms with E-state index in [1.165, 1.54) is 0 Å². The van der Waals surface area contributed by atoms with E-state index in [4.69, 9.17) is 5.73 Å². The van der Waals surface area contributed by atoms with Crippen LogP contribution in [0.15, 0.2) is 54.6 Å². The van der Waals surface area contributed by atoms with Crippen LogP contribution < -0.4 is 16.4 Å². The predicted molar refractivity (Wildman–Crippen MR) is 73.2 cm³/mol. The Labute approximate surface area is 106 Å². The van der Waals surface area contributed by atoms with Gasteiger partial charge in [0, 0.05) is 17.9 Å². The zero-order valence-corrected chi connectivity index (χ0v) is 9.89. The monoisotopic (exact) mass is 241 g/mol. The molecule has 0 unspecified atom stereocenters. The van der Waals surface area contributed by atoms with Crippen LogP contribution in [0, 0.1) is 0 Å². The Morgan fingerprint density at radius 1 is 1.00 bits per heavy atom. The van der Waals surface area contributed by atoms with Gasteiger partial charge in [0.2, 0.25) is 0 Å². The summed E-state index contributed by atoms with van der Waals surface area (Å²) in [4.78, 5) is 11.6. The van der Waals surface area contributed by atoms with Crippen LogP contribution in [0.25, 0.3) is 0 Å². The molecule has 0 saturated carbocycles. The highest BCUT2D eigenvalue weighted by molar-refractivity contribution is 5.89. The highest BCUT2D eigenvalue weighted by Gasteiger charge is 2.02. The Balaban J connectivity index is 1.88. The van der Waals surface area contributed by atoms with Gasteiger partial charge < -0.3 is 16.4 Å². The maximum absolute atomic E-state index is 11.6. The molecule has 0 atom stereocenters. The highest BCUT2D eigenvalue weighted by Crippen LogP contribution is 2.10. The lowest BCUT2D eigenvalue weighted by Crippen LogP contribution is -2.28. The normalized spacial score (nSPS) is 9.78. The largest absolute Gasteiger partial charge is 0.398 e. The third-order valence-electron chi connectivity index (χ3n) is 2.53. The van der Waals surface area contributed by atoms with Crippen molar-refractivity contribution >= 4 is 17.4 Å². The second kappa shape index (κ2) is 5.72. The molecule has 0 heterocycles. The summed E-state index contributed by atoms with van der Waals surface area (Å²) in [7, 11) is 0. The van der Waals surface area contributed by atoms with Crippen LogP contribution in [0.4, 0.5) is 16.2 Å². The molecule has 92 valence electrons. The number of nitrogens with two attached hydrogens (primary N) is 1. The molecule has 0 saturated heterocycles. The van der Waals surface area contributed by atoms with E-state index >= 15 is 0 Å². The van der Waals surface area contributed by atoms with Gasteiger partial charge in [0.25, 0.3) is 0 Å². The van der Waals surface area contributed by atoms with Gasteiger partial charge in [0.05, 0.1) is 0 Å². The fourth-order valence-electron chi connectivity index (χ4n) is 1.57. The lowest BCUT2D eigenvalue weighted by Gasteiger charge is -2.09. The lowest BCUT2D eigenvalue weighted by atomic mass is 10.2. The SMILES string of the molecule is Nc1ccccc1CNC(=O)Nc1ccccc1. The molecule has 4 N–H and O–H groups in total. The molecule has 0 aliphatic heterocycles. The molecule has 0 aliphatic carbocycles. The van der Waals surface area contributed by atoms with E-state index < -0.39 is 0 Å². The Morgan fingerprint density at radius 3 is 2.39 bits per heavy atom. The zero-order valence-electron chi connectivity index (χ0n) is 9.89. The fraction of sp³-hybridized carbons (Fsp3) is 0.0714. The van der Waals surface area contributed by atoms with Crippen molar-refractivity contribution in [2.75, 3.05) is 11.1 Å². The van der Waals surface area contributed by atoms with Crippen molar-refractivity contribution in [3.8, 4) is 0 Å². The molecular formula is C14H15N3O. The van der Waals surface area contributed by atoms with Crippen LogP contribution in [0.5, 0.6) is 0 Å². The Kier molecular flexibility index (Phi) is 3.81. The van der Waals surface area contributed by atoms with Crippen molar-refractivity contribution in [2.24, 2.45) is 0 Å².